The van der Waals surface area contributed by atoms with E-state index >= 15 is 0 Å². The fourth-order valence-electron chi connectivity index (χ4n) is 1.69. The zero-order valence-electron chi connectivity index (χ0n) is 11.6. The lowest BCUT2D eigenvalue weighted by molar-refractivity contribution is -0.137. The van der Waals surface area contributed by atoms with Gasteiger partial charge in [-0.2, -0.15) is 13.2 Å². The van der Waals surface area contributed by atoms with E-state index in [1.165, 1.54) is 12.1 Å². The Balaban J connectivity index is 1.79. The van der Waals surface area contributed by atoms with Crippen LogP contribution in [-0.4, -0.2) is 12.8 Å². The maximum atomic E-state index is 12.4. The first-order valence-electron chi connectivity index (χ1n) is 6.60. The summed E-state index contributed by atoms with van der Waals surface area (Å²) in [4.78, 5) is 5.04. The van der Waals surface area contributed by atoms with Gasteiger partial charge in [-0.3, -0.25) is 0 Å². The summed E-state index contributed by atoms with van der Waals surface area (Å²) in [5.74, 6) is 0. The number of nitrogens with zero attached hydrogens (tertiary/aromatic N) is 1. The lowest BCUT2D eigenvalue weighted by Crippen LogP contribution is -2.03. The van der Waals surface area contributed by atoms with Crippen molar-refractivity contribution in [2.45, 2.75) is 6.18 Å². The van der Waals surface area contributed by atoms with Crippen molar-refractivity contribution in [3.8, 4) is 0 Å². The van der Waals surface area contributed by atoms with E-state index in [1.807, 2.05) is 30.3 Å². The first kappa shape index (κ1) is 15.8. The number of halogens is 3. The van der Waals surface area contributed by atoms with Crippen LogP contribution in [0.5, 0.6) is 0 Å². The van der Waals surface area contributed by atoms with Crippen LogP contribution in [0.25, 0.3) is 6.08 Å². The largest absolute Gasteiger partial charge is 0.416 e. The molecular formula is C17H14F3NO. The van der Waals surface area contributed by atoms with Crippen LogP contribution >= 0.6 is 0 Å². The van der Waals surface area contributed by atoms with Crippen molar-refractivity contribution in [1.82, 2.24) is 0 Å². The van der Waals surface area contributed by atoms with Crippen molar-refractivity contribution in [2.75, 3.05) is 6.61 Å². The van der Waals surface area contributed by atoms with Gasteiger partial charge >= 0.3 is 6.18 Å². The molecule has 0 atom stereocenters. The predicted octanol–water partition coefficient (Wildman–Crippen LogP) is 4.77. The van der Waals surface area contributed by atoms with Gasteiger partial charge in [0.15, 0.2) is 0 Å². The summed E-state index contributed by atoms with van der Waals surface area (Å²) in [5, 5.41) is 3.79. The van der Waals surface area contributed by atoms with E-state index in [9.17, 15) is 13.2 Å². The highest BCUT2D eigenvalue weighted by Gasteiger charge is 2.29. The van der Waals surface area contributed by atoms with E-state index in [0.29, 0.717) is 5.56 Å². The van der Waals surface area contributed by atoms with Gasteiger partial charge in [-0.25, -0.2) is 0 Å². The Hall–Kier alpha value is -2.56. The second-order valence-corrected chi connectivity index (χ2v) is 4.46. The van der Waals surface area contributed by atoms with Crippen molar-refractivity contribution in [3.63, 3.8) is 0 Å². The Labute approximate surface area is 126 Å². The van der Waals surface area contributed by atoms with E-state index < -0.39 is 11.7 Å². The van der Waals surface area contributed by atoms with Crippen molar-refractivity contribution in [2.24, 2.45) is 5.16 Å². The van der Waals surface area contributed by atoms with Crippen LogP contribution in [0, 0.1) is 0 Å². The molecule has 2 aromatic rings. The summed E-state index contributed by atoms with van der Waals surface area (Å²) in [6.07, 6.45) is 0.645. The second-order valence-electron chi connectivity index (χ2n) is 4.46. The standard InChI is InChI=1S/C17H14F3NO/c18-17(19,20)16-10-8-14(9-11-16)7-4-12-22-21-13-15-5-2-1-3-6-15/h1-11,13H,12H2/b7-4+,21-13+. The predicted molar refractivity (Wildman–Crippen MR) is 80.5 cm³/mol. The molecule has 0 amide bonds. The molecule has 0 radical (unpaired) electrons. The molecule has 0 aliphatic carbocycles. The maximum Gasteiger partial charge on any atom is 0.416 e. The molecule has 2 nitrogen and oxygen atoms in total. The number of hydrogen-bond acceptors (Lipinski definition) is 2. The maximum absolute atomic E-state index is 12.4. The molecule has 0 heterocycles. The molecule has 0 fully saturated rings. The van der Waals surface area contributed by atoms with Crippen molar-refractivity contribution < 1.29 is 18.0 Å². The highest BCUT2D eigenvalue weighted by atomic mass is 19.4. The Morgan fingerprint density at radius 1 is 0.909 bits per heavy atom. The average molecular weight is 305 g/mol. The smallest absolute Gasteiger partial charge is 0.392 e. The highest BCUT2D eigenvalue weighted by Crippen LogP contribution is 2.29. The normalized spacial score (nSPS) is 12.1. The number of hydrogen-bond donors (Lipinski definition) is 0. The number of rotatable bonds is 5. The van der Waals surface area contributed by atoms with Crippen LogP contribution in [0.15, 0.2) is 65.8 Å². The SMILES string of the molecule is FC(F)(F)c1ccc(/C=C/CO/N=C/c2ccccc2)cc1. The summed E-state index contributed by atoms with van der Waals surface area (Å²) >= 11 is 0. The third-order valence-electron chi connectivity index (χ3n) is 2.79. The molecule has 114 valence electrons. The van der Waals surface area contributed by atoms with Crippen LogP contribution in [0.2, 0.25) is 0 Å². The van der Waals surface area contributed by atoms with E-state index in [0.717, 1.165) is 17.7 Å². The van der Waals surface area contributed by atoms with E-state index in [2.05, 4.69) is 5.16 Å². The summed E-state index contributed by atoms with van der Waals surface area (Å²) < 4.78 is 37.2. The third kappa shape index (κ3) is 5.09. The number of benzene rings is 2. The topological polar surface area (TPSA) is 21.6 Å². The quantitative estimate of drug-likeness (QED) is 0.443. The molecule has 0 aliphatic rings. The summed E-state index contributed by atoms with van der Waals surface area (Å²) in [6.45, 7) is 0.240. The molecule has 0 unspecified atom stereocenters. The van der Waals surface area contributed by atoms with Crippen molar-refractivity contribution in [1.29, 1.82) is 0 Å². The van der Waals surface area contributed by atoms with Crippen molar-refractivity contribution >= 4 is 12.3 Å². The lowest BCUT2D eigenvalue weighted by atomic mass is 10.1. The van der Waals surface area contributed by atoms with E-state index in [4.69, 9.17) is 4.84 Å². The average Bonchev–Trinajstić information content (AvgIpc) is 2.51. The Morgan fingerprint density at radius 3 is 2.23 bits per heavy atom. The summed E-state index contributed by atoms with van der Waals surface area (Å²) in [7, 11) is 0. The molecule has 22 heavy (non-hydrogen) atoms. The van der Waals surface area contributed by atoms with Gasteiger partial charge in [0.1, 0.15) is 6.61 Å². The van der Waals surface area contributed by atoms with Crippen LogP contribution in [-0.2, 0) is 11.0 Å². The third-order valence-corrected chi connectivity index (χ3v) is 2.79. The number of oxime groups is 1. The van der Waals surface area contributed by atoms with Gasteiger partial charge in [0.2, 0.25) is 0 Å². The minimum atomic E-state index is -4.31. The monoisotopic (exact) mass is 305 g/mol. The fraction of sp³-hybridized carbons (Fsp3) is 0.118. The van der Waals surface area contributed by atoms with Crippen LogP contribution < -0.4 is 0 Å². The molecule has 2 rings (SSSR count). The summed E-state index contributed by atoms with van der Waals surface area (Å²) in [5.41, 5.74) is 0.936. The molecule has 0 saturated carbocycles. The molecule has 0 saturated heterocycles. The first-order chi connectivity index (χ1) is 10.6. The van der Waals surface area contributed by atoms with Crippen LogP contribution in [0.3, 0.4) is 0 Å². The molecule has 0 N–H and O–H groups in total. The van der Waals surface area contributed by atoms with Gasteiger partial charge in [0.25, 0.3) is 0 Å². The summed E-state index contributed by atoms with van der Waals surface area (Å²) in [6, 6.07) is 14.4. The molecule has 0 aromatic heterocycles. The number of alkyl halides is 3. The molecular weight excluding hydrogens is 291 g/mol. The molecule has 5 heteroatoms. The van der Waals surface area contributed by atoms with Gasteiger partial charge in [-0.05, 0) is 29.3 Å². The highest BCUT2D eigenvalue weighted by molar-refractivity contribution is 5.78. The molecule has 0 spiro atoms. The Kier molecular flexibility index (Phi) is 5.36. The molecule has 0 bridgehead atoms. The molecule has 0 aliphatic heterocycles. The fourth-order valence-corrected chi connectivity index (χ4v) is 1.69. The molecule has 2 aromatic carbocycles. The van der Waals surface area contributed by atoms with Crippen molar-refractivity contribution in [3.05, 3.63) is 77.4 Å². The van der Waals surface area contributed by atoms with E-state index in [1.54, 1.807) is 18.4 Å². The Morgan fingerprint density at radius 2 is 1.59 bits per heavy atom. The minimum Gasteiger partial charge on any atom is -0.392 e. The lowest BCUT2D eigenvalue weighted by Gasteiger charge is -2.05. The Bertz CT molecular complexity index is 631. The second kappa shape index (κ2) is 7.45. The van der Waals surface area contributed by atoms with Gasteiger partial charge in [0.05, 0.1) is 11.8 Å². The first-order valence-corrected chi connectivity index (χ1v) is 6.60. The van der Waals surface area contributed by atoms with E-state index in [-0.39, 0.29) is 6.61 Å². The van der Waals surface area contributed by atoms with Gasteiger partial charge in [-0.15, -0.1) is 0 Å². The van der Waals surface area contributed by atoms with Gasteiger partial charge in [0, 0.05) is 0 Å². The van der Waals surface area contributed by atoms with Gasteiger partial charge in [-0.1, -0.05) is 53.7 Å². The minimum absolute atomic E-state index is 0.240. The van der Waals surface area contributed by atoms with Crippen LogP contribution in [0.1, 0.15) is 16.7 Å². The van der Waals surface area contributed by atoms with Gasteiger partial charge < -0.3 is 4.84 Å². The zero-order chi connectivity index (χ0) is 15.8. The zero-order valence-corrected chi connectivity index (χ0v) is 11.6. The van der Waals surface area contributed by atoms with Crippen LogP contribution in [0.4, 0.5) is 13.2 Å².